The molecule has 1 heterocycles. The molecular formula is C20H24ClN3O2. The summed E-state index contributed by atoms with van der Waals surface area (Å²) in [6.45, 7) is 3.67. The summed E-state index contributed by atoms with van der Waals surface area (Å²) in [6, 6.07) is 14.7. The van der Waals surface area contributed by atoms with E-state index in [-0.39, 0.29) is 30.1 Å². The first kappa shape index (κ1) is 19.9. The number of halogens is 1. The van der Waals surface area contributed by atoms with Crippen LogP contribution in [0.4, 0.5) is 11.4 Å². The summed E-state index contributed by atoms with van der Waals surface area (Å²) in [7, 11) is 0. The Morgan fingerprint density at radius 1 is 1.00 bits per heavy atom. The topological polar surface area (TPSA) is 70.2 Å². The van der Waals surface area contributed by atoms with E-state index in [9.17, 15) is 9.59 Å². The zero-order chi connectivity index (χ0) is 17.6. The number of benzene rings is 2. The van der Waals surface area contributed by atoms with Crippen LogP contribution in [0.1, 0.15) is 28.8 Å². The van der Waals surface area contributed by atoms with Gasteiger partial charge in [0, 0.05) is 22.9 Å². The lowest BCUT2D eigenvalue weighted by Gasteiger charge is -2.22. The zero-order valence-electron chi connectivity index (χ0n) is 14.7. The van der Waals surface area contributed by atoms with Crippen LogP contribution in [0, 0.1) is 12.8 Å². The molecule has 0 radical (unpaired) electrons. The molecule has 5 nitrogen and oxygen atoms in total. The Labute approximate surface area is 160 Å². The average Bonchev–Trinajstić information content (AvgIpc) is 2.65. The summed E-state index contributed by atoms with van der Waals surface area (Å²) >= 11 is 0. The van der Waals surface area contributed by atoms with Gasteiger partial charge in [-0.3, -0.25) is 9.59 Å². The Balaban J connectivity index is 0.00000243. The van der Waals surface area contributed by atoms with E-state index in [0.29, 0.717) is 11.3 Å². The van der Waals surface area contributed by atoms with Crippen molar-refractivity contribution in [3.63, 3.8) is 0 Å². The van der Waals surface area contributed by atoms with Crippen molar-refractivity contribution in [2.24, 2.45) is 5.92 Å². The van der Waals surface area contributed by atoms with Gasteiger partial charge in [-0.05, 0) is 62.7 Å². The number of para-hydroxylation sites is 1. The summed E-state index contributed by atoms with van der Waals surface area (Å²) in [5, 5.41) is 9.11. The van der Waals surface area contributed by atoms with Gasteiger partial charge in [0.15, 0.2) is 0 Å². The fourth-order valence-corrected chi connectivity index (χ4v) is 2.94. The van der Waals surface area contributed by atoms with Crippen LogP contribution in [-0.4, -0.2) is 24.9 Å². The normalized spacial score (nSPS) is 14.2. The van der Waals surface area contributed by atoms with E-state index in [2.05, 4.69) is 16.0 Å². The van der Waals surface area contributed by atoms with Gasteiger partial charge in [-0.1, -0.05) is 24.3 Å². The van der Waals surface area contributed by atoms with Crippen LogP contribution in [0.15, 0.2) is 48.5 Å². The molecule has 0 unspecified atom stereocenters. The third kappa shape index (κ3) is 5.07. The van der Waals surface area contributed by atoms with Crippen LogP contribution in [0.5, 0.6) is 0 Å². The second-order valence-corrected chi connectivity index (χ2v) is 6.36. The number of piperidine rings is 1. The van der Waals surface area contributed by atoms with Crippen molar-refractivity contribution in [3.05, 3.63) is 59.7 Å². The van der Waals surface area contributed by atoms with Gasteiger partial charge in [0.2, 0.25) is 5.91 Å². The molecule has 2 aromatic rings. The molecule has 0 aromatic heterocycles. The van der Waals surface area contributed by atoms with Crippen LogP contribution < -0.4 is 16.0 Å². The predicted molar refractivity (Wildman–Crippen MR) is 107 cm³/mol. The number of hydrogen-bond acceptors (Lipinski definition) is 3. The second kappa shape index (κ2) is 9.36. The number of aryl methyl sites for hydroxylation is 1. The van der Waals surface area contributed by atoms with Crippen molar-refractivity contribution in [3.8, 4) is 0 Å². The molecule has 0 saturated carbocycles. The molecule has 0 bridgehead atoms. The Morgan fingerprint density at radius 3 is 2.38 bits per heavy atom. The third-order valence-corrected chi connectivity index (χ3v) is 4.50. The van der Waals surface area contributed by atoms with E-state index >= 15 is 0 Å². The summed E-state index contributed by atoms with van der Waals surface area (Å²) in [5.74, 6) is -0.128. The fourth-order valence-electron chi connectivity index (χ4n) is 2.94. The highest BCUT2D eigenvalue weighted by molar-refractivity contribution is 6.05. The molecule has 1 aliphatic rings. The largest absolute Gasteiger partial charge is 0.326 e. The molecule has 2 amide bonds. The Morgan fingerprint density at radius 2 is 1.69 bits per heavy atom. The van der Waals surface area contributed by atoms with Gasteiger partial charge < -0.3 is 16.0 Å². The minimum absolute atomic E-state index is 0. The molecule has 26 heavy (non-hydrogen) atoms. The number of nitrogens with one attached hydrogen (secondary N) is 3. The molecule has 1 fully saturated rings. The van der Waals surface area contributed by atoms with Gasteiger partial charge in [-0.25, -0.2) is 0 Å². The first-order chi connectivity index (χ1) is 12.1. The molecule has 6 heteroatoms. The molecule has 1 aliphatic heterocycles. The highest BCUT2D eigenvalue weighted by Crippen LogP contribution is 2.21. The standard InChI is InChI=1S/C20H23N3O2.ClH/c1-14-7-8-16(20(25)22-17-5-3-2-4-6-17)13-18(14)23-19(24)15-9-11-21-12-10-15;/h2-8,13,15,21H,9-12H2,1H3,(H,22,25)(H,23,24);1H. The first-order valence-corrected chi connectivity index (χ1v) is 8.62. The van der Waals surface area contributed by atoms with Crippen LogP contribution in [0.2, 0.25) is 0 Å². The highest BCUT2D eigenvalue weighted by atomic mass is 35.5. The van der Waals surface area contributed by atoms with Crippen molar-refractivity contribution in [2.75, 3.05) is 23.7 Å². The molecule has 0 aliphatic carbocycles. The molecule has 2 aromatic carbocycles. The second-order valence-electron chi connectivity index (χ2n) is 6.36. The lowest BCUT2D eigenvalue weighted by molar-refractivity contribution is -0.120. The SMILES string of the molecule is Cc1ccc(C(=O)Nc2ccccc2)cc1NC(=O)C1CCNCC1.Cl. The van der Waals surface area contributed by atoms with Crippen LogP contribution >= 0.6 is 12.4 Å². The molecule has 138 valence electrons. The molecule has 0 spiro atoms. The fraction of sp³-hybridized carbons (Fsp3) is 0.300. The van der Waals surface area contributed by atoms with E-state index in [0.717, 1.165) is 37.2 Å². The van der Waals surface area contributed by atoms with E-state index < -0.39 is 0 Å². The van der Waals surface area contributed by atoms with Crippen LogP contribution in [0.3, 0.4) is 0 Å². The third-order valence-electron chi connectivity index (χ3n) is 4.50. The van der Waals surface area contributed by atoms with Gasteiger partial charge in [0.1, 0.15) is 0 Å². The Hall–Kier alpha value is -2.37. The highest BCUT2D eigenvalue weighted by Gasteiger charge is 2.21. The molecular weight excluding hydrogens is 350 g/mol. The van der Waals surface area contributed by atoms with Gasteiger partial charge in [0.05, 0.1) is 0 Å². The maximum atomic E-state index is 12.5. The first-order valence-electron chi connectivity index (χ1n) is 8.62. The number of hydrogen-bond donors (Lipinski definition) is 3. The van der Waals surface area contributed by atoms with E-state index in [4.69, 9.17) is 0 Å². The predicted octanol–water partition coefficient (Wildman–Crippen LogP) is 3.61. The van der Waals surface area contributed by atoms with Crippen molar-refractivity contribution in [1.29, 1.82) is 0 Å². The van der Waals surface area contributed by atoms with Crippen molar-refractivity contribution in [1.82, 2.24) is 5.32 Å². The summed E-state index contributed by atoms with van der Waals surface area (Å²) in [4.78, 5) is 24.9. The van der Waals surface area contributed by atoms with Gasteiger partial charge >= 0.3 is 0 Å². The number of carbonyl (C=O) groups is 2. The summed E-state index contributed by atoms with van der Waals surface area (Å²) < 4.78 is 0. The van der Waals surface area contributed by atoms with Crippen molar-refractivity contribution < 1.29 is 9.59 Å². The minimum atomic E-state index is -0.191. The molecule has 3 rings (SSSR count). The van der Waals surface area contributed by atoms with Crippen LogP contribution in [-0.2, 0) is 4.79 Å². The summed E-state index contributed by atoms with van der Waals surface area (Å²) in [5.41, 5.74) is 2.91. The molecule has 3 N–H and O–H groups in total. The van der Waals surface area contributed by atoms with Gasteiger partial charge in [-0.2, -0.15) is 0 Å². The lowest BCUT2D eigenvalue weighted by atomic mass is 9.97. The Bertz CT molecular complexity index is 759. The molecule has 0 atom stereocenters. The number of rotatable bonds is 4. The van der Waals surface area contributed by atoms with Crippen molar-refractivity contribution >= 4 is 35.6 Å². The van der Waals surface area contributed by atoms with Crippen molar-refractivity contribution in [2.45, 2.75) is 19.8 Å². The van der Waals surface area contributed by atoms with Gasteiger partial charge in [0.25, 0.3) is 5.91 Å². The van der Waals surface area contributed by atoms with Crippen LogP contribution in [0.25, 0.3) is 0 Å². The smallest absolute Gasteiger partial charge is 0.255 e. The van der Waals surface area contributed by atoms with E-state index in [1.807, 2.05) is 43.3 Å². The molecule has 1 saturated heterocycles. The average molecular weight is 374 g/mol. The lowest BCUT2D eigenvalue weighted by Crippen LogP contribution is -2.34. The number of amides is 2. The summed E-state index contributed by atoms with van der Waals surface area (Å²) in [6.07, 6.45) is 1.69. The van der Waals surface area contributed by atoms with Gasteiger partial charge in [-0.15, -0.1) is 12.4 Å². The number of carbonyl (C=O) groups excluding carboxylic acids is 2. The quantitative estimate of drug-likeness (QED) is 0.766. The Kier molecular flexibility index (Phi) is 7.18. The van der Waals surface area contributed by atoms with E-state index in [1.54, 1.807) is 12.1 Å². The maximum absolute atomic E-state index is 12.5. The maximum Gasteiger partial charge on any atom is 0.255 e. The number of anilines is 2. The minimum Gasteiger partial charge on any atom is -0.326 e. The van der Waals surface area contributed by atoms with E-state index in [1.165, 1.54) is 0 Å². The zero-order valence-corrected chi connectivity index (χ0v) is 15.6. The monoisotopic (exact) mass is 373 g/mol.